The van der Waals surface area contributed by atoms with Gasteiger partial charge in [0.15, 0.2) is 0 Å². The van der Waals surface area contributed by atoms with Gasteiger partial charge < -0.3 is 20.3 Å². The van der Waals surface area contributed by atoms with Gasteiger partial charge in [0.25, 0.3) is 0 Å². The number of amides is 1. The van der Waals surface area contributed by atoms with E-state index in [9.17, 15) is 4.79 Å². The first-order chi connectivity index (χ1) is 11.6. The van der Waals surface area contributed by atoms with Crippen LogP contribution >= 0.6 is 0 Å². The number of nitrogens with one attached hydrogen (secondary N) is 2. The van der Waals surface area contributed by atoms with E-state index in [0.717, 1.165) is 57.1 Å². The van der Waals surface area contributed by atoms with Crippen molar-refractivity contribution in [3.8, 4) is 0 Å². The Labute approximate surface area is 144 Å². The number of anilines is 1. The summed E-state index contributed by atoms with van der Waals surface area (Å²) < 4.78 is 5.36. The van der Waals surface area contributed by atoms with Crippen LogP contribution in [0.15, 0.2) is 18.3 Å². The molecule has 3 heterocycles. The van der Waals surface area contributed by atoms with Crippen molar-refractivity contribution in [2.75, 3.05) is 37.7 Å². The lowest BCUT2D eigenvalue weighted by atomic mass is 9.77. The van der Waals surface area contributed by atoms with Crippen LogP contribution in [0.4, 0.5) is 5.82 Å². The predicted octanol–water partition coefficient (Wildman–Crippen LogP) is 1.31. The molecule has 1 amide bonds. The van der Waals surface area contributed by atoms with Crippen molar-refractivity contribution in [2.24, 2.45) is 5.41 Å². The molecule has 0 spiro atoms. The molecule has 2 N–H and O–H groups in total. The van der Waals surface area contributed by atoms with Crippen molar-refractivity contribution < 1.29 is 9.53 Å². The maximum absolute atomic E-state index is 12.5. The third-order valence-corrected chi connectivity index (χ3v) is 5.00. The minimum Gasteiger partial charge on any atom is -0.378 e. The number of ether oxygens (including phenoxy) is 1. The number of rotatable bonds is 4. The number of pyridine rings is 1. The van der Waals surface area contributed by atoms with E-state index >= 15 is 0 Å². The second kappa shape index (κ2) is 7.49. The minimum absolute atomic E-state index is 0.000768. The van der Waals surface area contributed by atoms with E-state index in [1.54, 1.807) is 0 Å². The molecule has 0 saturated carbocycles. The van der Waals surface area contributed by atoms with Gasteiger partial charge in [-0.25, -0.2) is 4.98 Å². The van der Waals surface area contributed by atoms with Gasteiger partial charge in [0.2, 0.25) is 5.91 Å². The molecule has 1 aromatic heterocycles. The summed E-state index contributed by atoms with van der Waals surface area (Å²) in [5.74, 6) is 1.06. The van der Waals surface area contributed by atoms with Crippen LogP contribution in [0.25, 0.3) is 0 Å². The monoisotopic (exact) mass is 332 g/mol. The number of hydrogen-bond donors (Lipinski definition) is 2. The fraction of sp³-hybridized carbons (Fsp3) is 0.667. The van der Waals surface area contributed by atoms with E-state index in [4.69, 9.17) is 4.74 Å². The molecule has 2 aliphatic rings. The van der Waals surface area contributed by atoms with Crippen molar-refractivity contribution in [3.63, 3.8) is 0 Å². The molecule has 24 heavy (non-hydrogen) atoms. The van der Waals surface area contributed by atoms with E-state index in [2.05, 4.69) is 34.4 Å². The summed E-state index contributed by atoms with van der Waals surface area (Å²) in [7, 11) is 0. The topological polar surface area (TPSA) is 66.5 Å². The SMILES string of the molecule is CC1(C)CCCNC1C(=O)NCc1ccc(N2CCOCC2)nc1. The summed E-state index contributed by atoms with van der Waals surface area (Å²) in [4.78, 5) is 19.2. The van der Waals surface area contributed by atoms with E-state index in [1.807, 2.05) is 18.3 Å². The van der Waals surface area contributed by atoms with Gasteiger partial charge in [-0.2, -0.15) is 0 Å². The number of aromatic nitrogens is 1. The molecular weight excluding hydrogens is 304 g/mol. The average molecular weight is 332 g/mol. The quantitative estimate of drug-likeness (QED) is 0.870. The third kappa shape index (κ3) is 4.05. The van der Waals surface area contributed by atoms with Crippen molar-refractivity contribution >= 4 is 11.7 Å². The normalized spacial score (nSPS) is 23.8. The molecule has 2 fully saturated rings. The fourth-order valence-corrected chi connectivity index (χ4v) is 3.45. The van der Waals surface area contributed by atoms with Gasteiger partial charge in [0.1, 0.15) is 5.82 Å². The van der Waals surface area contributed by atoms with Crippen LogP contribution in [0.5, 0.6) is 0 Å². The minimum atomic E-state index is -0.119. The zero-order chi connectivity index (χ0) is 17.0. The Morgan fingerprint density at radius 2 is 2.21 bits per heavy atom. The summed E-state index contributed by atoms with van der Waals surface area (Å²) in [5, 5.41) is 6.40. The van der Waals surface area contributed by atoms with Gasteiger partial charge in [-0.3, -0.25) is 4.79 Å². The van der Waals surface area contributed by atoms with Crippen LogP contribution < -0.4 is 15.5 Å². The Morgan fingerprint density at radius 3 is 2.88 bits per heavy atom. The summed E-state index contributed by atoms with van der Waals surface area (Å²) in [6.07, 6.45) is 4.06. The lowest BCUT2D eigenvalue weighted by molar-refractivity contribution is -0.126. The Bertz CT molecular complexity index is 553. The van der Waals surface area contributed by atoms with Crippen LogP contribution in [-0.4, -0.2) is 49.8 Å². The summed E-state index contributed by atoms with van der Waals surface area (Å²) in [6, 6.07) is 3.94. The fourth-order valence-electron chi connectivity index (χ4n) is 3.45. The van der Waals surface area contributed by atoms with E-state index in [0.29, 0.717) is 6.54 Å². The molecule has 0 radical (unpaired) electrons. The van der Waals surface area contributed by atoms with Crippen molar-refractivity contribution in [1.29, 1.82) is 0 Å². The number of hydrogen-bond acceptors (Lipinski definition) is 5. The summed E-state index contributed by atoms with van der Waals surface area (Å²) in [6.45, 7) is 9.01. The van der Waals surface area contributed by atoms with E-state index in [1.165, 1.54) is 0 Å². The predicted molar refractivity (Wildman–Crippen MR) is 93.9 cm³/mol. The number of nitrogens with zero attached hydrogens (tertiary/aromatic N) is 2. The molecule has 6 heteroatoms. The first kappa shape index (κ1) is 17.2. The summed E-state index contributed by atoms with van der Waals surface area (Å²) in [5.41, 5.74) is 1.02. The molecule has 2 aliphatic heterocycles. The van der Waals surface area contributed by atoms with Gasteiger partial charge >= 0.3 is 0 Å². The molecule has 3 rings (SSSR count). The smallest absolute Gasteiger partial charge is 0.237 e. The van der Waals surface area contributed by atoms with Crippen molar-refractivity contribution in [1.82, 2.24) is 15.6 Å². The van der Waals surface area contributed by atoms with Gasteiger partial charge in [0.05, 0.1) is 19.3 Å². The maximum atomic E-state index is 12.5. The Morgan fingerprint density at radius 1 is 1.42 bits per heavy atom. The van der Waals surface area contributed by atoms with Crippen molar-refractivity contribution in [3.05, 3.63) is 23.9 Å². The van der Waals surface area contributed by atoms with Crippen LogP contribution in [0, 0.1) is 5.41 Å². The van der Waals surface area contributed by atoms with Gasteiger partial charge in [-0.1, -0.05) is 19.9 Å². The number of morpholine rings is 1. The maximum Gasteiger partial charge on any atom is 0.237 e. The highest BCUT2D eigenvalue weighted by atomic mass is 16.5. The zero-order valence-electron chi connectivity index (χ0n) is 14.7. The summed E-state index contributed by atoms with van der Waals surface area (Å²) >= 11 is 0. The van der Waals surface area contributed by atoms with Crippen molar-refractivity contribution in [2.45, 2.75) is 39.3 Å². The number of carbonyl (C=O) groups excluding carboxylic acids is 1. The molecule has 0 aromatic carbocycles. The zero-order valence-corrected chi connectivity index (χ0v) is 14.7. The Kier molecular flexibility index (Phi) is 5.36. The molecular formula is C18H28N4O2. The lowest BCUT2D eigenvalue weighted by Crippen LogP contribution is -2.55. The van der Waals surface area contributed by atoms with Gasteiger partial charge in [0, 0.05) is 25.8 Å². The van der Waals surface area contributed by atoms with Crippen LogP contribution in [0.3, 0.4) is 0 Å². The average Bonchev–Trinajstić information content (AvgIpc) is 2.60. The largest absolute Gasteiger partial charge is 0.378 e. The number of piperidine rings is 1. The second-order valence-electron chi connectivity index (χ2n) is 7.32. The molecule has 132 valence electrons. The molecule has 2 saturated heterocycles. The number of carbonyl (C=O) groups is 1. The lowest BCUT2D eigenvalue weighted by Gasteiger charge is -2.38. The Balaban J connectivity index is 1.53. The molecule has 1 aromatic rings. The Hall–Kier alpha value is -1.66. The van der Waals surface area contributed by atoms with Crippen LogP contribution in [-0.2, 0) is 16.1 Å². The highest BCUT2D eigenvalue weighted by Crippen LogP contribution is 2.30. The second-order valence-corrected chi connectivity index (χ2v) is 7.32. The highest BCUT2D eigenvalue weighted by molar-refractivity contribution is 5.82. The van der Waals surface area contributed by atoms with E-state index in [-0.39, 0.29) is 17.4 Å². The molecule has 0 bridgehead atoms. The first-order valence-corrected chi connectivity index (χ1v) is 8.85. The molecule has 0 aliphatic carbocycles. The van der Waals surface area contributed by atoms with Crippen LogP contribution in [0.2, 0.25) is 0 Å². The van der Waals surface area contributed by atoms with Crippen LogP contribution in [0.1, 0.15) is 32.3 Å². The molecule has 1 unspecified atom stereocenters. The molecule has 1 atom stereocenters. The van der Waals surface area contributed by atoms with E-state index < -0.39 is 0 Å². The molecule has 6 nitrogen and oxygen atoms in total. The third-order valence-electron chi connectivity index (χ3n) is 5.00. The highest BCUT2D eigenvalue weighted by Gasteiger charge is 2.36. The van der Waals surface area contributed by atoms with Gasteiger partial charge in [-0.15, -0.1) is 0 Å². The van der Waals surface area contributed by atoms with Gasteiger partial charge in [-0.05, 0) is 36.4 Å². The standard InChI is InChI=1S/C18H28N4O2/c1-18(2)6-3-7-19-16(18)17(23)21-13-14-4-5-15(20-12-14)22-8-10-24-11-9-22/h4-5,12,16,19H,3,6-11,13H2,1-2H3,(H,21,23). The first-order valence-electron chi connectivity index (χ1n) is 8.85.